The lowest BCUT2D eigenvalue weighted by molar-refractivity contribution is -0.114. The van der Waals surface area contributed by atoms with Gasteiger partial charge in [-0.25, -0.2) is 0 Å². The van der Waals surface area contributed by atoms with Crippen molar-refractivity contribution in [1.29, 1.82) is 0 Å². The van der Waals surface area contributed by atoms with E-state index < -0.39 is 7.12 Å². The van der Waals surface area contributed by atoms with Crippen LogP contribution in [0.25, 0.3) is 0 Å². The lowest BCUT2D eigenvalue weighted by atomic mass is 9.76. The molecule has 0 aliphatic heterocycles. The number of rotatable bonds is 1. The highest BCUT2D eigenvalue weighted by Crippen LogP contribution is 2.28. The molecule has 0 saturated carbocycles. The highest BCUT2D eigenvalue weighted by molar-refractivity contribution is 6.59. The first kappa shape index (κ1) is 8.49. The van der Waals surface area contributed by atoms with Crippen LogP contribution in [0, 0.1) is 5.92 Å². The average Bonchev–Trinajstić information content (AvgIpc) is 2.07. The summed E-state index contributed by atoms with van der Waals surface area (Å²) in [5, 5.41) is 17.6. The largest absolute Gasteiger partial charge is 0.492 e. The highest BCUT2D eigenvalue weighted by atomic mass is 16.4. The Labute approximate surface area is 65.9 Å². The lowest BCUT2D eigenvalue weighted by Crippen LogP contribution is -2.20. The molecule has 0 heterocycles. The van der Waals surface area contributed by atoms with E-state index in [1.807, 2.05) is 6.92 Å². The Hall–Kier alpha value is -0.605. The molecule has 1 rings (SSSR count). The molecule has 11 heavy (non-hydrogen) atoms. The summed E-state index contributed by atoms with van der Waals surface area (Å²) in [5.41, 5.74) is 1.00. The second kappa shape index (κ2) is 2.79. The molecule has 0 aromatic carbocycles. The topological polar surface area (TPSA) is 57.5 Å². The van der Waals surface area contributed by atoms with E-state index in [0.717, 1.165) is 5.57 Å². The van der Waals surface area contributed by atoms with Gasteiger partial charge in [-0.2, -0.15) is 0 Å². The number of hydrogen-bond acceptors (Lipinski definition) is 3. The van der Waals surface area contributed by atoms with Crippen molar-refractivity contribution in [3.8, 4) is 0 Å². The maximum absolute atomic E-state index is 11.1. The number of allylic oxidation sites excluding steroid dienone is 2. The minimum absolute atomic E-state index is 0.134. The molecule has 2 N–H and O–H groups in total. The Morgan fingerprint density at radius 3 is 2.27 bits per heavy atom. The first-order valence-electron chi connectivity index (χ1n) is 3.64. The molecular weight excluding hydrogens is 143 g/mol. The predicted molar refractivity (Wildman–Crippen MR) is 41.7 cm³/mol. The zero-order chi connectivity index (χ0) is 8.59. The van der Waals surface area contributed by atoms with Crippen LogP contribution in [-0.2, 0) is 4.79 Å². The fourth-order valence-electron chi connectivity index (χ4n) is 1.37. The van der Waals surface area contributed by atoms with Crippen LogP contribution in [0.15, 0.2) is 11.0 Å². The van der Waals surface area contributed by atoms with Crippen molar-refractivity contribution in [2.75, 3.05) is 0 Å². The number of Topliss-reactive ketones (excluding diaryl/α,β-unsaturated/α-hetero) is 1. The second-order valence-corrected chi connectivity index (χ2v) is 3.00. The molecule has 0 fully saturated rings. The summed E-state index contributed by atoms with van der Waals surface area (Å²) in [6.07, 6.45) is 0.415. The summed E-state index contributed by atoms with van der Waals surface area (Å²) in [5.74, 6) is 0.0318. The predicted octanol–water partition coefficient (Wildman–Crippen LogP) is -0.0762. The van der Waals surface area contributed by atoms with E-state index in [-0.39, 0.29) is 17.2 Å². The maximum atomic E-state index is 11.1. The van der Waals surface area contributed by atoms with Crippen LogP contribution in [0.1, 0.15) is 20.3 Å². The van der Waals surface area contributed by atoms with Gasteiger partial charge in [0.05, 0.1) is 0 Å². The van der Waals surface area contributed by atoms with Gasteiger partial charge in [0.25, 0.3) is 0 Å². The zero-order valence-corrected chi connectivity index (χ0v) is 6.66. The first-order valence-corrected chi connectivity index (χ1v) is 3.64. The van der Waals surface area contributed by atoms with Gasteiger partial charge in [0.2, 0.25) is 0 Å². The van der Waals surface area contributed by atoms with Crippen LogP contribution >= 0.6 is 0 Å². The number of hydrogen-bond donors (Lipinski definition) is 2. The van der Waals surface area contributed by atoms with Gasteiger partial charge in [-0.05, 0) is 12.8 Å². The van der Waals surface area contributed by atoms with E-state index in [0.29, 0.717) is 6.42 Å². The molecule has 0 bridgehead atoms. The van der Waals surface area contributed by atoms with E-state index in [2.05, 4.69) is 0 Å². The van der Waals surface area contributed by atoms with Crippen LogP contribution in [0.2, 0.25) is 0 Å². The minimum Gasteiger partial charge on any atom is -0.423 e. The van der Waals surface area contributed by atoms with Gasteiger partial charge in [-0.3, -0.25) is 4.79 Å². The Morgan fingerprint density at radius 2 is 2.09 bits per heavy atom. The molecule has 3 nitrogen and oxygen atoms in total. The molecule has 4 heteroatoms. The quantitative estimate of drug-likeness (QED) is 0.519. The first-order chi connectivity index (χ1) is 5.04. The molecule has 60 valence electrons. The van der Waals surface area contributed by atoms with Gasteiger partial charge in [0.15, 0.2) is 5.78 Å². The third kappa shape index (κ3) is 1.37. The van der Waals surface area contributed by atoms with Gasteiger partial charge in [-0.1, -0.05) is 12.5 Å². The lowest BCUT2D eigenvalue weighted by Gasteiger charge is -2.01. The van der Waals surface area contributed by atoms with Gasteiger partial charge < -0.3 is 10.0 Å². The van der Waals surface area contributed by atoms with Crippen LogP contribution in [0.4, 0.5) is 0 Å². The molecule has 0 spiro atoms. The molecule has 1 aliphatic carbocycles. The Bertz CT molecular complexity index is 220. The summed E-state index contributed by atoms with van der Waals surface area (Å²) in [4.78, 5) is 11.1. The fourth-order valence-corrected chi connectivity index (χ4v) is 1.37. The number of carbonyl (C=O) groups excluding carboxylic acids is 1. The van der Waals surface area contributed by atoms with Crippen LogP contribution in [0.5, 0.6) is 0 Å². The summed E-state index contributed by atoms with van der Waals surface area (Å²) in [7, 11) is -1.59. The Morgan fingerprint density at radius 1 is 1.55 bits per heavy atom. The molecule has 1 aliphatic rings. The van der Waals surface area contributed by atoms with E-state index in [4.69, 9.17) is 10.0 Å². The van der Waals surface area contributed by atoms with E-state index in [9.17, 15) is 4.79 Å². The summed E-state index contributed by atoms with van der Waals surface area (Å²) in [6.45, 7) is 3.67. The van der Waals surface area contributed by atoms with Gasteiger partial charge in [0.1, 0.15) is 0 Å². The summed E-state index contributed by atoms with van der Waals surface area (Å²) < 4.78 is 0. The van der Waals surface area contributed by atoms with Crippen molar-refractivity contribution in [2.45, 2.75) is 20.3 Å². The second-order valence-electron chi connectivity index (χ2n) is 3.00. The molecular formula is C7H11BO3. The Balaban J connectivity index is 2.97. The molecule has 0 amide bonds. The van der Waals surface area contributed by atoms with Gasteiger partial charge in [-0.15, -0.1) is 0 Å². The van der Waals surface area contributed by atoms with Crippen LogP contribution < -0.4 is 0 Å². The van der Waals surface area contributed by atoms with Crippen molar-refractivity contribution in [3.05, 3.63) is 11.0 Å². The summed E-state index contributed by atoms with van der Waals surface area (Å²) >= 11 is 0. The third-order valence-corrected chi connectivity index (χ3v) is 2.21. The van der Waals surface area contributed by atoms with Crippen molar-refractivity contribution >= 4 is 12.9 Å². The van der Waals surface area contributed by atoms with Crippen LogP contribution in [0.3, 0.4) is 0 Å². The highest BCUT2D eigenvalue weighted by Gasteiger charge is 2.33. The summed E-state index contributed by atoms with van der Waals surface area (Å²) in [6, 6.07) is 0. The van der Waals surface area contributed by atoms with Crippen molar-refractivity contribution in [2.24, 2.45) is 5.92 Å². The molecule has 0 saturated heterocycles. The van der Waals surface area contributed by atoms with Crippen LogP contribution in [-0.4, -0.2) is 22.9 Å². The van der Waals surface area contributed by atoms with Gasteiger partial charge in [0, 0.05) is 11.9 Å². The van der Waals surface area contributed by atoms with E-state index in [1.165, 1.54) is 0 Å². The van der Waals surface area contributed by atoms with Gasteiger partial charge >= 0.3 is 7.12 Å². The van der Waals surface area contributed by atoms with E-state index in [1.54, 1.807) is 6.92 Å². The normalized spacial score (nSPS) is 24.7. The number of ketones is 1. The fraction of sp³-hybridized carbons (Fsp3) is 0.571. The standard InChI is InChI=1S/C7H11BO3/c1-4-3-6(9)7(5(4)2)8(10)11/h4,10-11H,3H2,1-2H3. The monoisotopic (exact) mass is 154 g/mol. The average molecular weight is 154 g/mol. The molecule has 1 atom stereocenters. The maximum Gasteiger partial charge on any atom is 0.492 e. The molecule has 0 aromatic heterocycles. The van der Waals surface area contributed by atoms with E-state index >= 15 is 0 Å². The molecule has 0 aromatic rings. The zero-order valence-electron chi connectivity index (χ0n) is 6.66. The van der Waals surface area contributed by atoms with Crippen molar-refractivity contribution < 1.29 is 14.8 Å². The minimum atomic E-state index is -1.59. The molecule has 0 radical (unpaired) electrons. The third-order valence-electron chi connectivity index (χ3n) is 2.21. The Kier molecular flexibility index (Phi) is 2.16. The smallest absolute Gasteiger partial charge is 0.423 e. The van der Waals surface area contributed by atoms with Crippen molar-refractivity contribution in [1.82, 2.24) is 0 Å². The van der Waals surface area contributed by atoms with Crippen molar-refractivity contribution in [3.63, 3.8) is 0 Å². The SMILES string of the molecule is CC1=C(B(O)O)C(=O)CC1C. The number of carbonyl (C=O) groups is 1. The molecule has 1 unspecified atom stereocenters.